The quantitative estimate of drug-likeness (QED) is 0.119. The van der Waals surface area contributed by atoms with E-state index in [1.54, 1.807) is 6.20 Å². The van der Waals surface area contributed by atoms with E-state index in [9.17, 15) is 29.4 Å². The number of carboxylic acid groups (broad SMARTS) is 1. The van der Waals surface area contributed by atoms with Crippen molar-refractivity contribution in [2.75, 3.05) is 5.75 Å². The molecule has 0 saturated heterocycles. The molecular weight excluding hydrogens is 514 g/mol. The lowest BCUT2D eigenvalue weighted by Gasteiger charge is -2.25. The molecule has 0 bridgehead atoms. The van der Waals surface area contributed by atoms with E-state index in [2.05, 4.69) is 43.5 Å². The minimum absolute atomic E-state index is 0.0176. The number of aliphatic carboxylic acids is 1. The molecule has 38 heavy (non-hydrogen) atoms. The number of fused-ring (bicyclic) bond motifs is 1. The number of hydrogen-bond donors (Lipinski definition) is 9. The summed E-state index contributed by atoms with van der Waals surface area (Å²) in [5.74, 6) is -3.77. The van der Waals surface area contributed by atoms with Crippen LogP contribution in [0.3, 0.4) is 0 Å². The van der Waals surface area contributed by atoms with Crippen LogP contribution in [0, 0.1) is 0 Å². The average Bonchev–Trinajstić information content (AvgIpc) is 3.54. The second-order valence-electron chi connectivity index (χ2n) is 8.82. The maximum Gasteiger partial charge on any atom is 0.328 e. The fourth-order valence-corrected chi connectivity index (χ4v) is 4.10. The number of thiol groups is 1. The van der Waals surface area contributed by atoms with E-state index in [-0.39, 0.29) is 18.6 Å². The zero-order chi connectivity index (χ0) is 27.8. The molecule has 0 aliphatic rings. The highest BCUT2D eigenvalue weighted by Crippen LogP contribution is 2.18. The number of amides is 3. The van der Waals surface area contributed by atoms with Crippen LogP contribution in [0.5, 0.6) is 0 Å². The summed E-state index contributed by atoms with van der Waals surface area (Å²) >= 11 is 4.08. The molecule has 1 aromatic carbocycles. The lowest BCUT2D eigenvalue weighted by atomic mass is 10.0. The lowest BCUT2D eigenvalue weighted by molar-refractivity contribution is -0.145. The van der Waals surface area contributed by atoms with Crippen LogP contribution in [-0.4, -0.2) is 84.9 Å². The Kier molecular flexibility index (Phi) is 9.87. The van der Waals surface area contributed by atoms with Gasteiger partial charge < -0.3 is 41.9 Å². The molecule has 2 heterocycles. The van der Waals surface area contributed by atoms with Crippen LogP contribution in [0.2, 0.25) is 0 Å². The number of aliphatic hydroxyl groups excluding tert-OH is 1. The number of aromatic nitrogens is 3. The Labute approximate surface area is 223 Å². The standard InChI is InChI=1S/C24H31N7O6S/c1-12(32)20(24(36)37)31-23(35)19(10-38)30-22(34)18(7-14-9-26-11-28-14)29-21(33)16(25)6-13-8-27-17-5-3-2-4-15(13)17/h2-5,8-9,11-12,16,18-20,27,32,38H,6-7,10,25H2,1H3,(H,26,28)(H,29,33)(H,30,34)(H,31,35)(H,36,37). The molecule has 0 saturated carbocycles. The Balaban J connectivity index is 1.70. The first-order valence-corrected chi connectivity index (χ1v) is 12.4. The molecule has 0 spiro atoms. The van der Waals surface area contributed by atoms with E-state index in [4.69, 9.17) is 5.73 Å². The monoisotopic (exact) mass is 545 g/mol. The van der Waals surface area contributed by atoms with Gasteiger partial charge >= 0.3 is 5.97 Å². The summed E-state index contributed by atoms with van der Waals surface area (Å²) in [5.41, 5.74) is 8.47. The van der Waals surface area contributed by atoms with Crippen molar-refractivity contribution >= 4 is 47.2 Å². The van der Waals surface area contributed by atoms with Gasteiger partial charge in [0.05, 0.1) is 18.5 Å². The highest BCUT2D eigenvalue weighted by Gasteiger charge is 2.31. The van der Waals surface area contributed by atoms with Crippen LogP contribution in [0.1, 0.15) is 18.2 Å². The second kappa shape index (κ2) is 13.1. The van der Waals surface area contributed by atoms with Gasteiger partial charge in [0, 0.05) is 41.2 Å². The number of H-pyrrole nitrogens is 2. The number of nitrogens with zero attached hydrogens (tertiary/aromatic N) is 1. The van der Waals surface area contributed by atoms with Gasteiger partial charge in [0.15, 0.2) is 6.04 Å². The number of carbonyl (C=O) groups is 4. The molecule has 204 valence electrons. The van der Waals surface area contributed by atoms with Crippen molar-refractivity contribution in [3.8, 4) is 0 Å². The fraction of sp³-hybridized carbons (Fsp3) is 0.375. The normalized spacial score (nSPS) is 15.2. The number of nitrogens with two attached hydrogens (primary N) is 1. The summed E-state index contributed by atoms with van der Waals surface area (Å²) in [6.45, 7) is 1.21. The molecule has 13 nitrogen and oxygen atoms in total. The van der Waals surface area contributed by atoms with E-state index < -0.39 is 54.0 Å². The first-order chi connectivity index (χ1) is 18.1. The molecule has 0 radical (unpaired) electrons. The van der Waals surface area contributed by atoms with Gasteiger partial charge in [-0.15, -0.1) is 0 Å². The second-order valence-corrected chi connectivity index (χ2v) is 9.19. The SMILES string of the molecule is CC(O)C(NC(=O)C(CS)NC(=O)C(Cc1cnc[nH]1)NC(=O)C(N)Cc1c[nH]c2ccccc12)C(=O)O. The number of carboxylic acids is 1. The van der Waals surface area contributed by atoms with Gasteiger partial charge in [-0.3, -0.25) is 14.4 Å². The van der Waals surface area contributed by atoms with Crippen LogP contribution >= 0.6 is 12.6 Å². The Bertz CT molecular complexity index is 1260. The van der Waals surface area contributed by atoms with E-state index in [1.807, 2.05) is 24.3 Å². The average molecular weight is 546 g/mol. The zero-order valence-electron chi connectivity index (χ0n) is 20.5. The van der Waals surface area contributed by atoms with Crippen molar-refractivity contribution < 1.29 is 29.4 Å². The number of benzene rings is 1. The Hall–Kier alpha value is -3.88. The molecule has 0 fully saturated rings. The fourth-order valence-electron chi connectivity index (χ4n) is 3.84. The third kappa shape index (κ3) is 7.34. The molecule has 14 heteroatoms. The van der Waals surface area contributed by atoms with Crippen molar-refractivity contribution in [1.29, 1.82) is 0 Å². The molecule has 0 aliphatic heterocycles. The van der Waals surface area contributed by atoms with E-state index in [1.165, 1.54) is 19.4 Å². The van der Waals surface area contributed by atoms with Crippen LogP contribution in [0.15, 0.2) is 43.0 Å². The summed E-state index contributed by atoms with van der Waals surface area (Å²) in [5, 5.41) is 27.1. The van der Waals surface area contributed by atoms with Crippen LogP contribution < -0.4 is 21.7 Å². The molecule has 5 unspecified atom stereocenters. The van der Waals surface area contributed by atoms with Gasteiger partial charge in [-0.25, -0.2) is 9.78 Å². The summed E-state index contributed by atoms with van der Waals surface area (Å²) < 4.78 is 0. The summed E-state index contributed by atoms with van der Waals surface area (Å²) in [6.07, 6.45) is 3.54. The van der Waals surface area contributed by atoms with E-state index >= 15 is 0 Å². The van der Waals surface area contributed by atoms with Crippen LogP contribution in [0.25, 0.3) is 10.9 Å². The van der Waals surface area contributed by atoms with Crippen molar-refractivity contribution in [3.05, 3.63) is 54.2 Å². The third-order valence-corrected chi connectivity index (χ3v) is 6.29. The summed E-state index contributed by atoms with van der Waals surface area (Å²) in [7, 11) is 0. The maximum atomic E-state index is 13.2. The van der Waals surface area contributed by atoms with Crippen molar-refractivity contribution in [1.82, 2.24) is 30.9 Å². The Morgan fingerprint density at radius 2 is 1.71 bits per heavy atom. The molecule has 9 N–H and O–H groups in total. The Morgan fingerprint density at radius 1 is 1.03 bits per heavy atom. The number of para-hydroxylation sites is 1. The first kappa shape index (κ1) is 28.7. The molecule has 3 rings (SSSR count). The van der Waals surface area contributed by atoms with Gasteiger partial charge in [0.25, 0.3) is 0 Å². The topological polar surface area (TPSA) is 215 Å². The molecule has 5 atom stereocenters. The van der Waals surface area contributed by atoms with Gasteiger partial charge in [-0.1, -0.05) is 18.2 Å². The number of nitrogens with one attached hydrogen (secondary N) is 5. The molecule has 3 aromatic rings. The number of imidazole rings is 1. The molecular formula is C24H31N7O6S. The number of aliphatic hydroxyl groups is 1. The smallest absolute Gasteiger partial charge is 0.328 e. The predicted molar refractivity (Wildman–Crippen MR) is 141 cm³/mol. The maximum absolute atomic E-state index is 13.2. The zero-order valence-corrected chi connectivity index (χ0v) is 21.4. The van der Waals surface area contributed by atoms with Crippen molar-refractivity contribution in [2.24, 2.45) is 5.73 Å². The molecule has 3 amide bonds. The number of carbonyl (C=O) groups excluding carboxylic acids is 3. The Morgan fingerprint density at radius 3 is 2.34 bits per heavy atom. The minimum Gasteiger partial charge on any atom is -0.480 e. The largest absolute Gasteiger partial charge is 0.480 e. The number of rotatable bonds is 13. The van der Waals surface area contributed by atoms with Crippen molar-refractivity contribution in [3.63, 3.8) is 0 Å². The van der Waals surface area contributed by atoms with Crippen molar-refractivity contribution in [2.45, 2.75) is 50.0 Å². The van der Waals surface area contributed by atoms with Gasteiger partial charge in [-0.2, -0.15) is 12.6 Å². The van der Waals surface area contributed by atoms with E-state index in [0.29, 0.717) is 5.69 Å². The predicted octanol–water partition coefficient (Wildman–Crippen LogP) is -1.15. The number of aromatic amines is 2. The minimum atomic E-state index is -1.58. The van der Waals surface area contributed by atoms with Gasteiger partial charge in [-0.05, 0) is 25.0 Å². The van der Waals surface area contributed by atoms with E-state index in [0.717, 1.165) is 16.5 Å². The van der Waals surface area contributed by atoms with Crippen LogP contribution in [0.4, 0.5) is 0 Å². The van der Waals surface area contributed by atoms with Gasteiger partial charge in [0.1, 0.15) is 12.1 Å². The molecule has 2 aromatic heterocycles. The highest BCUT2D eigenvalue weighted by atomic mass is 32.1. The highest BCUT2D eigenvalue weighted by molar-refractivity contribution is 7.80. The third-order valence-electron chi connectivity index (χ3n) is 5.93. The summed E-state index contributed by atoms with van der Waals surface area (Å²) in [4.78, 5) is 60.0. The molecule has 0 aliphatic carbocycles. The first-order valence-electron chi connectivity index (χ1n) is 11.8. The lowest BCUT2D eigenvalue weighted by Crippen LogP contribution is -2.59. The van der Waals surface area contributed by atoms with Crippen LogP contribution in [-0.2, 0) is 32.0 Å². The summed E-state index contributed by atoms with van der Waals surface area (Å²) in [6, 6.07) is 2.65. The number of hydrogen-bond acceptors (Lipinski definition) is 8. The van der Waals surface area contributed by atoms with Gasteiger partial charge in [0.2, 0.25) is 17.7 Å².